The molecule has 0 atom stereocenters. The molecule has 0 saturated heterocycles. The molecular weight excluding hydrogens is 314 g/mol. The average molecular weight is 341 g/mol. The number of amides is 1. The van der Waals surface area contributed by atoms with Crippen molar-refractivity contribution < 1.29 is 17.4 Å². The highest BCUT2D eigenvalue weighted by Gasteiger charge is 2.18. The van der Waals surface area contributed by atoms with Gasteiger partial charge in [-0.25, -0.2) is 0 Å². The lowest BCUT2D eigenvalue weighted by atomic mass is 10.1. The maximum Gasteiger partial charge on any atom is 0.308 e. The van der Waals surface area contributed by atoms with Gasteiger partial charge in [0.25, 0.3) is 0 Å². The zero-order valence-corrected chi connectivity index (χ0v) is 15.4. The first-order chi connectivity index (χ1) is 10.6. The van der Waals surface area contributed by atoms with Crippen LogP contribution >= 0.6 is 0 Å². The minimum Gasteiger partial charge on any atom is -0.382 e. The molecule has 0 aromatic heterocycles. The Balaban J connectivity index is 2.80. The van der Waals surface area contributed by atoms with Gasteiger partial charge in [-0.15, -0.1) is 0 Å². The standard InChI is InChI=1S/C17H27NO4S/c1-6-23(20,21)22-16-9-7-15(8-10-16)12-18(14(4)5)17(19)11-13(2)3/h7-10,13-14H,6,11-12H2,1-5H3. The number of rotatable bonds is 8. The Kier molecular flexibility index (Phi) is 7.06. The van der Waals surface area contributed by atoms with Crippen molar-refractivity contribution in [3.8, 4) is 5.75 Å². The average Bonchev–Trinajstić information content (AvgIpc) is 2.45. The van der Waals surface area contributed by atoms with Gasteiger partial charge >= 0.3 is 10.1 Å². The van der Waals surface area contributed by atoms with Gasteiger partial charge < -0.3 is 9.08 Å². The zero-order chi connectivity index (χ0) is 17.6. The molecule has 0 unspecified atom stereocenters. The van der Waals surface area contributed by atoms with E-state index < -0.39 is 10.1 Å². The zero-order valence-electron chi connectivity index (χ0n) is 14.6. The predicted octanol–water partition coefficient (Wildman–Crippen LogP) is 3.20. The van der Waals surface area contributed by atoms with Crippen LogP contribution in [0.4, 0.5) is 0 Å². The second kappa shape index (κ2) is 8.34. The van der Waals surface area contributed by atoms with E-state index in [1.807, 2.05) is 32.6 Å². The fourth-order valence-electron chi connectivity index (χ4n) is 2.08. The Bertz CT molecular complexity index is 606. The molecule has 23 heavy (non-hydrogen) atoms. The SMILES string of the molecule is CCS(=O)(=O)Oc1ccc(CN(C(=O)CC(C)C)C(C)C)cc1. The molecule has 130 valence electrons. The van der Waals surface area contributed by atoms with Crippen LogP contribution in [0.25, 0.3) is 0 Å². The summed E-state index contributed by atoms with van der Waals surface area (Å²) in [6.45, 7) is 10.1. The Labute approximate surface area is 139 Å². The highest BCUT2D eigenvalue weighted by Crippen LogP contribution is 2.18. The molecule has 1 aromatic rings. The molecule has 0 aliphatic heterocycles. The monoisotopic (exact) mass is 341 g/mol. The largest absolute Gasteiger partial charge is 0.382 e. The molecule has 0 fully saturated rings. The summed E-state index contributed by atoms with van der Waals surface area (Å²) in [7, 11) is -3.51. The lowest BCUT2D eigenvalue weighted by Gasteiger charge is -2.27. The van der Waals surface area contributed by atoms with Crippen LogP contribution in [-0.2, 0) is 21.5 Å². The fourth-order valence-corrected chi connectivity index (χ4v) is 2.60. The van der Waals surface area contributed by atoms with E-state index in [0.29, 0.717) is 24.6 Å². The van der Waals surface area contributed by atoms with Crippen LogP contribution in [-0.4, -0.2) is 31.0 Å². The first-order valence-electron chi connectivity index (χ1n) is 7.95. The van der Waals surface area contributed by atoms with Crippen molar-refractivity contribution in [1.29, 1.82) is 0 Å². The topological polar surface area (TPSA) is 63.7 Å². The van der Waals surface area contributed by atoms with E-state index in [1.165, 1.54) is 6.92 Å². The third kappa shape index (κ3) is 6.60. The van der Waals surface area contributed by atoms with Crippen molar-refractivity contribution in [3.05, 3.63) is 29.8 Å². The lowest BCUT2D eigenvalue weighted by molar-refractivity contribution is -0.134. The van der Waals surface area contributed by atoms with Gasteiger partial charge in [-0.2, -0.15) is 8.42 Å². The number of hydrogen-bond donors (Lipinski definition) is 0. The third-order valence-electron chi connectivity index (χ3n) is 3.38. The smallest absolute Gasteiger partial charge is 0.308 e. The Hall–Kier alpha value is -1.56. The lowest BCUT2D eigenvalue weighted by Crippen LogP contribution is -2.36. The van der Waals surface area contributed by atoms with Crippen LogP contribution in [0.1, 0.15) is 46.6 Å². The molecule has 5 nitrogen and oxygen atoms in total. The summed E-state index contributed by atoms with van der Waals surface area (Å²) in [6, 6.07) is 6.93. The summed E-state index contributed by atoms with van der Waals surface area (Å²) in [5.41, 5.74) is 0.942. The molecule has 6 heteroatoms. The summed E-state index contributed by atoms with van der Waals surface area (Å²) in [4.78, 5) is 14.1. The fraction of sp³-hybridized carbons (Fsp3) is 0.588. The van der Waals surface area contributed by atoms with Gasteiger partial charge in [-0.05, 0) is 44.4 Å². The first-order valence-corrected chi connectivity index (χ1v) is 9.53. The van der Waals surface area contributed by atoms with E-state index in [9.17, 15) is 13.2 Å². The molecule has 0 heterocycles. The third-order valence-corrected chi connectivity index (χ3v) is 4.53. The van der Waals surface area contributed by atoms with Crippen LogP contribution in [0.3, 0.4) is 0 Å². The Morgan fingerprint density at radius 1 is 1.13 bits per heavy atom. The van der Waals surface area contributed by atoms with Crippen molar-refractivity contribution in [2.24, 2.45) is 5.92 Å². The molecule has 0 aliphatic carbocycles. The van der Waals surface area contributed by atoms with Gasteiger partial charge in [0.2, 0.25) is 5.91 Å². The molecule has 0 spiro atoms. The van der Waals surface area contributed by atoms with Gasteiger partial charge in [0.1, 0.15) is 5.75 Å². The van der Waals surface area contributed by atoms with E-state index in [1.54, 1.807) is 24.3 Å². The molecule has 1 aromatic carbocycles. The van der Waals surface area contributed by atoms with Crippen molar-refractivity contribution >= 4 is 16.0 Å². The van der Waals surface area contributed by atoms with Crippen LogP contribution in [0.2, 0.25) is 0 Å². The molecule has 0 N–H and O–H groups in total. The van der Waals surface area contributed by atoms with Crippen molar-refractivity contribution in [1.82, 2.24) is 4.90 Å². The highest BCUT2D eigenvalue weighted by molar-refractivity contribution is 7.87. The normalized spacial score (nSPS) is 11.8. The van der Waals surface area contributed by atoms with E-state index in [4.69, 9.17) is 4.18 Å². The number of nitrogens with zero attached hydrogens (tertiary/aromatic N) is 1. The van der Waals surface area contributed by atoms with Gasteiger partial charge in [-0.3, -0.25) is 4.79 Å². The minimum atomic E-state index is -3.51. The van der Waals surface area contributed by atoms with Gasteiger partial charge in [-0.1, -0.05) is 26.0 Å². The summed E-state index contributed by atoms with van der Waals surface area (Å²) < 4.78 is 27.8. The maximum absolute atomic E-state index is 12.3. The Morgan fingerprint density at radius 2 is 1.70 bits per heavy atom. The van der Waals surface area contributed by atoms with E-state index >= 15 is 0 Å². The van der Waals surface area contributed by atoms with Crippen LogP contribution in [0, 0.1) is 5.92 Å². The first kappa shape index (κ1) is 19.5. The minimum absolute atomic E-state index is 0.0699. The van der Waals surface area contributed by atoms with Crippen molar-refractivity contribution in [2.45, 2.75) is 53.6 Å². The van der Waals surface area contributed by atoms with Gasteiger partial charge in [0, 0.05) is 19.0 Å². The highest BCUT2D eigenvalue weighted by atomic mass is 32.2. The molecular formula is C17H27NO4S. The van der Waals surface area contributed by atoms with E-state index in [-0.39, 0.29) is 17.7 Å². The van der Waals surface area contributed by atoms with Crippen LogP contribution in [0.15, 0.2) is 24.3 Å². The van der Waals surface area contributed by atoms with Crippen molar-refractivity contribution in [3.63, 3.8) is 0 Å². The molecule has 0 radical (unpaired) electrons. The second-order valence-electron chi connectivity index (χ2n) is 6.29. The summed E-state index contributed by atoms with van der Waals surface area (Å²) in [5.74, 6) is 0.669. The molecule has 0 aliphatic rings. The maximum atomic E-state index is 12.3. The number of benzene rings is 1. The summed E-state index contributed by atoms with van der Waals surface area (Å²) in [6.07, 6.45) is 0.522. The van der Waals surface area contributed by atoms with E-state index in [0.717, 1.165) is 5.56 Å². The van der Waals surface area contributed by atoms with Gasteiger partial charge in [0.05, 0.1) is 5.75 Å². The Morgan fingerprint density at radius 3 is 2.13 bits per heavy atom. The van der Waals surface area contributed by atoms with Crippen LogP contribution in [0.5, 0.6) is 5.75 Å². The second-order valence-corrected chi connectivity index (χ2v) is 8.15. The summed E-state index contributed by atoms with van der Waals surface area (Å²) >= 11 is 0. The van der Waals surface area contributed by atoms with Crippen molar-refractivity contribution in [2.75, 3.05) is 5.75 Å². The molecule has 1 amide bonds. The van der Waals surface area contributed by atoms with E-state index in [2.05, 4.69) is 0 Å². The molecule has 0 saturated carbocycles. The number of carbonyl (C=O) groups is 1. The van der Waals surface area contributed by atoms with Gasteiger partial charge in [0.15, 0.2) is 0 Å². The number of carbonyl (C=O) groups excluding carboxylic acids is 1. The quantitative estimate of drug-likeness (QED) is 0.681. The predicted molar refractivity (Wildman–Crippen MR) is 91.7 cm³/mol. The number of hydrogen-bond acceptors (Lipinski definition) is 4. The molecule has 0 bridgehead atoms. The van der Waals surface area contributed by atoms with Crippen LogP contribution < -0.4 is 4.18 Å². The summed E-state index contributed by atoms with van der Waals surface area (Å²) in [5, 5.41) is 0. The molecule has 1 rings (SSSR count).